The van der Waals surface area contributed by atoms with E-state index in [4.69, 9.17) is 29.6 Å². The minimum absolute atomic E-state index is 0.198. The minimum atomic E-state index is -0.469. The number of halogens is 2. The van der Waals surface area contributed by atoms with Gasteiger partial charge >= 0.3 is 0 Å². The van der Waals surface area contributed by atoms with Crippen molar-refractivity contribution in [1.29, 1.82) is 0 Å². The number of carbonyl (C=O) groups is 1. The van der Waals surface area contributed by atoms with Gasteiger partial charge in [0.05, 0.1) is 10.7 Å². The lowest BCUT2D eigenvalue weighted by atomic mass is 10.1. The van der Waals surface area contributed by atoms with E-state index in [-0.39, 0.29) is 10.6 Å². The number of nitrogens with one attached hydrogen (secondary N) is 1. The van der Waals surface area contributed by atoms with Crippen LogP contribution in [-0.4, -0.2) is 10.9 Å². The van der Waals surface area contributed by atoms with Crippen LogP contribution >= 0.6 is 23.8 Å². The van der Waals surface area contributed by atoms with E-state index in [0.717, 1.165) is 6.07 Å². The maximum absolute atomic E-state index is 13.3. The Morgan fingerprint density at radius 3 is 2.57 bits per heavy atom. The van der Waals surface area contributed by atoms with Crippen LogP contribution in [0.15, 0.2) is 36.4 Å². The van der Waals surface area contributed by atoms with Crippen LogP contribution in [-0.2, 0) is 0 Å². The molecular formula is C15H12ClFN2OS. The summed E-state index contributed by atoms with van der Waals surface area (Å²) in [7, 11) is 0. The van der Waals surface area contributed by atoms with E-state index in [1.54, 1.807) is 31.2 Å². The second-order valence-corrected chi connectivity index (χ2v) is 5.38. The van der Waals surface area contributed by atoms with Gasteiger partial charge in [0.2, 0.25) is 0 Å². The lowest BCUT2D eigenvalue weighted by Crippen LogP contribution is -2.14. The number of benzene rings is 2. The SMILES string of the molecule is Cc1cc(F)cc(C(=O)Nc2cc(C(N)=S)ccc2Cl)c1. The largest absolute Gasteiger partial charge is 0.389 e. The Hall–Kier alpha value is -1.98. The highest BCUT2D eigenvalue weighted by Crippen LogP contribution is 2.24. The first kappa shape index (κ1) is 15.4. The fraction of sp³-hybridized carbons (Fsp3) is 0.0667. The molecule has 0 atom stereocenters. The highest BCUT2D eigenvalue weighted by atomic mass is 35.5. The molecule has 3 nitrogen and oxygen atoms in total. The van der Waals surface area contributed by atoms with Crippen LogP contribution in [0.1, 0.15) is 21.5 Å². The zero-order chi connectivity index (χ0) is 15.6. The predicted octanol–water partition coefficient (Wildman–Crippen LogP) is 3.67. The smallest absolute Gasteiger partial charge is 0.255 e. The Bertz CT molecular complexity index is 713. The third-order valence-electron chi connectivity index (χ3n) is 2.80. The molecule has 108 valence electrons. The average Bonchev–Trinajstić information content (AvgIpc) is 2.39. The molecule has 0 saturated heterocycles. The molecule has 1 amide bonds. The molecule has 0 saturated carbocycles. The Balaban J connectivity index is 2.31. The maximum atomic E-state index is 13.3. The number of carbonyl (C=O) groups excluding carboxylic acids is 1. The summed E-state index contributed by atoms with van der Waals surface area (Å²) in [5, 5.41) is 2.97. The van der Waals surface area contributed by atoms with Crippen LogP contribution in [0.4, 0.5) is 10.1 Å². The molecule has 0 fully saturated rings. The van der Waals surface area contributed by atoms with Gasteiger partial charge in [-0.05, 0) is 42.8 Å². The first-order valence-corrected chi connectivity index (χ1v) is 6.83. The van der Waals surface area contributed by atoms with Crippen molar-refractivity contribution < 1.29 is 9.18 Å². The summed E-state index contributed by atoms with van der Waals surface area (Å²) in [5.74, 6) is -0.928. The molecule has 0 unspecified atom stereocenters. The lowest BCUT2D eigenvalue weighted by molar-refractivity contribution is 0.102. The van der Waals surface area contributed by atoms with Gasteiger partial charge < -0.3 is 11.1 Å². The Labute approximate surface area is 131 Å². The molecule has 2 aromatic rings. The first-order chi connectivity index (χ1) is 9.86. The van der Waals surface area contributed by atoms with Gasteiger partial charge in [-0.3, -0.25) is 4.79 Å². The fourth-order valence-corrected chi connectivity index (χ4v) is 2.13. The number of anilines is 1. The average molecular weight is 323 g/mol. The van der Waals surface area contributed by atoms with Crippen molar-refractivity contribution >= 4 is 40.4 Å². The van der Waals surface area contributed by atoms with Crippen molar-refractivity contribution in [2.75, 3.05) is 5.32 Å². The summed E-state index contributed by atoms with van der Waals surface area (Å²) in [4.78, 5) is 12.3. The number of nitrogens with two attached hydrogens (primary N) is 1. The lowest BCUT2D eigenvalue weighted by Gasteiger charge is -2.09. The monoisotopic (exact) mass is 322 g/mol. The Kier molecular flexibility index (Phi) is 4.55. The maximum Gasteiger partial charge on any atom is 0.255 e. The van der Waals surface area contributed by atoms with Gasteiger partial charge in [0.1, 0.15) is 10.8 Å². The quantitative estimate of drug-likeness (QED) is 0.848. The molecule has 21 heavy (non-hydrogen) atoms. The van der Waals surface area contributed by atoms with Crippen LogP contribution in [0.2, 0.25) is 5.02 Å². The van der Waals surface area contributed by atoms with Crippen molar-refractivity contribution in [3.8, 4) is 0 Å². The molecule has 2 rings (SSSR count). The van der Waals surface area contributed by atoms with Gasteiger partial charge in [-0.2, -0.15) is 0 Å². The van der Waals surface area contributed by atoms with Crippen LogP contribution < -0.4 is 11.1 Å². The molecule has 0 bridgehead atoms. The molecule has 0 radical (unpaired) electrons. The molecule has 0 spiro atoms. The van der Waals surface area contributed by atoms with E-state index >= 15 is 0 Å². The molecular weight excluding hydrogens is 311 g/mol. The number of rotatable bonds is 3. The molecule has 0 aromatic heterocycles. The normalized spacial score (nSPS) is 10.2. The fourth-order valence-electron chi connectivity index (χ4n) is 1.84. The Morgan fingerprint density at radius 1 is 1.24 bits per heavy atom. The zero-order valence-electron chi connectivity index (χ0n) is 11.1. The van der Waals surface area contributed by atoms with E-state index in [2.05, 4.69) is 5.32 Å². The summed E-state index contributed by atoms with van der Waals surface area (Å²) in [6, 6.07) is 8.92. The highest BCUT2D eigenvalue weighted by Gasteiger charge is 2.11. The number of aryl methyl sites for hydroxylation is 1. The molecule has 6 heteroatoms. The van der Waals surface area contributed by atoms with Crippen molar-refractivity contribution in [2.45, 2.75) is 6.92 Å². The van der Waals surface area contributed by atoms with E-state index in [0.29, 0.717) is 21.8 Å². The zero-order valence-corrected chi connectivity index (χ0v) is 12.7. The van der Waals surface area contributed by atoms with Gasteiger partial charge in [-0.15, -0.1) is 0 Å². The summed E-state index contributed by atoms with van der Waals surface area (Å²) in [6.45, 7) is 1.71. The Morgan fingerprint density at radius 2 is 1.95 bits per heavy atom. The van der Waals surface area contributed by atoms with Gasteiger partial charge in [-0.1, -0.05) is 29.9 Å². The summed E-state index contributed by atoms with van der Waals surface area (Å²) >= 11 is 10.9. The standard InChI is InChI=1S/C15H12ClFN2OS/c1-8-4-10(6-11(17)5-8)15(20)19-13-7-9(14(18)21)2-3-12(13)16/h2-7H,1H3,(H2,18,21)(H,19,20). The van der Waals surface area contributed by atoms with Crippen LogP contribution in [0, 0.1) is 12.7 Å². The minimum Gasteiger partial charge on any atom is -0.389 e. The number of hydrogen-bond acceptors (Lipinski definition) is 2. The second kappa shape index (κ2) is 6.20. The van der Waals surface area contributed by atoms with Crippen molar-refractivity contribution in [3.63, 3.8) is 0 Å². The predicted molar refractivity (Wildman–Crippen MR) is 86.4 cm³/mol. The molecule has 0 aliphatic carbocycles. The second-order valence-electron chi connectivity index (χ2n) is 4.53. The van der Waals surface area contributed by atoms with E-state index in [1.165, 1.54) is 6.07 Å². The molecule has 2 aromatic carbocycles. The third-order valence-corrected chi connectivity index (χ3v) is 3.37. The van der Waals surface area contributed by atoms with Gasteiger partial charge in [-0.25, -0.2) is 4.39 Å². The van der Waals surface area contributed by atoms with Gasteiger partial charge in [0.15, 0.2) is 0 Å². The van der Waals surface area contributed by atoms with E-state index in [1.807, 2.05) is 0 Å². The van der Waals surface area contributed by atoms with E-state index in [9.17, 15) is 9.18 Å². The van der Waals surface area contributed by atoms with Crippen molar-refractivity contribution in [1.82, 2.24) is 0 Å². The number of amides is 1. The molecule has 0 aliphatic rings. The summed E-state index contributed by atoms with van der Waals surface area (Å²) < 4.78 is 13.3. The topological polar surface area (TPSA) is 55.1 Å². The van der Waals surface area contributed by atoms with Gasteiger partial charge in [0, 0.05) is 11.1 Å². The number of hydrogen-bond donors (Lipinski definition) is 2. The van der Waals surface area contributed by atoms with E-state index < -0.39 is 11.7 Å². The van der Waals surface area contributed by atoms with Crippen LogP contribution in [0.25, 0.3) is 0 Å². The van der Waals surface area contributed by atoms with Crippen LogP contribution in [0.5, 0.6) is 0 Å². The van der Waals surface area contributed by atoms with Crippen molar-refractivity contribution in [3.05, 3.63) is 63.9 Å². The molecule has 3 N–H and O–H groups in total. The third kappa shape index (κ3) is 3.77. The first-order valence-electron chi connectivity index (χ1n) is 6.04. The molecule has 0 aliphatic heterocycles. The van der Waals surface area contributed by atoms with Crippen molar-refractivity contribution in [2.24, 2.45) is 5.73 Å². The van der Waals surface area contributed by atoms with Gasteiger partial charge in [0.25, 0.3) is 5.91 Å². The highest BCUT2D eigenvalue weighted by molar-refractivity contribution is 7.80. The number of thiocarbonyl (C=S) groups is 1. The molecule has 0 heterocycles. The van der Waals surface area contributed by atoms with Crippen LogP contribution in [0.3, 0.4) is 0 Å². The summed E-state index contributed by atoms with van der Waals surface area (Å²) in [6.07, 6.45) is 0. The summed E-state index contributed by atoms with van der Waals surface area (Å²) in [5.41, 5.74) is 7.36.